The number of hydrazine groups is 1. The van der Waals surface area contributed by atoms with E-state index in [1.54, 1.807) is 0 Å². The van der Waals surface area contributed by atoms with E-state index in [-0.39, 0.29) is 0 Å². The van der Waals surface area contributed by atoms with Gasteiger partial charge in [-0.05, 0) is 15.6 Å². The summed E-state index contributed by atoms with van der Waals surface area (Å²) in [5.41, 5.74) is 0. The van der Waals surface area contributed by atoms with Crippen LogP contribution >= 0.6 is 0 Å². The van der Waals surface area contributed by atoms with Gasteiger partial charge in [-0.1, -0.05) is 91.0 Å². The van der Waals surface area contributed by atoms with Crippen LogP contribution in [-0.2, 0) is 0 Å². The molecule has 0 bridgehead atoms. The van der Waals surface area contributed by atoms with E-state index in [0.717, 1.165) is 0 Å². The van der Waals surface area contributed by atoms with Crippen molar-refractivity contribution in [1.29, 1.82) is 0 Å². The van der Waals surface area contributed by atoms with Crippen LogP contribution in [0.2, 0.25) is 0 Å². The summed E-state index contributed by atoms with van der Waals surface area (Å²) in [5, 5.41) is 7.64. The van der Waals surface area contributed by atoms with Crippen molar-refractivity contribution in [3.63, 3.8) is 0 Å². The SMILES string of the molecule is c1ccc([Si]NN([Si]c2ccccc2)[Si]c2ccccc2)cc1. The van der Waals surface area contributed by atoms with Crippen LogP contribution in [0.3, 0.4) is 0 Å². The zero-order valence-electron chi connectivity index (χ0n) is 12.6. The molecular formula is C18H16N2Si3. The number of nitrogens with one attached hydrogen (secondary N) is 1. The lowest BCUT2D eigenvalue weighted by molar-refractivity contribution is 0.654. The molecule has 0 heterocycles. The highest BCUT2D eigenvalue weighted by molar-refractivity contribution is 6.67. The fraction of sp³-hybridized carbons (Fsp3) is 0. The Morgan fingerprint density at radius 2 is 0.913 bits per heavy atom. The van der Waals surface area contributed by atoms with Crippen LogP contribution in [-0.4, -0.2) is 33.4 Å². The summed E-state index contributed by atoms with van der Waals surface area (Å²) in [7, 11) is 1.81. The Bertz CT molecular complexity index is 652. The smallest absolute Gasteiger partial charge is 0.195 e. The third-order valence-electron chi connectivity index (χ3n) is 3.12. The largest absolute Gasteiger partial charge is 0.285 e. The van der Waals surface area contributed by atoms with Gasteiger partial charge in [0.15, 0.2) is 29.0 Å². The first kappa shape index (κ1) is 16.1. The van der Waals surface area contributed by atoms with Gasteiger partial charge in [0, 0.05) is 0 Å². The molecule has 6 radical (unpaired) electrons. The topological polar surface area (TPSA) is 15.3 Å². The molecule has 1 N–H and O–H groups in total. The van der Waals surface area contributed by atoms with E-state index < -0.39 is 0 Å². The third kappa shape index (κ3) is 5.42. The van der Waals surface area contributed by atoms with Gasteiger partial charge in [-0.25, -0.2) is 0 Å². The van der Waals surface area contributed by atoms with E-state index in [2.05, 4.69) is 100 Å². The van der Waals surface area contributed by atoms with Crippen molar-refractivity contribution in [3.8, 4) is 0 Å². The monoisotopic (exact) mass is 344 g/mol. The fourth-order valence-electron chi connectivity index (χ4n) is 2.01. The Balaban J connectivity index is 1.67. The van der Waals surface area contributed by atoms with Crippen LogP contribution in [0.25, 0.3) is 0 Å². The molecule has 3 aromatic rings. The number of nitrogens with zero attached hydrogens (tertiary/aromatic N) is 1. The van der Waals surface area contributed by atoms with Crippen LogP contribution in [0.1, 0.15) is 0 Å². The predicted molar refractivity (Wildman–Crippen MR) is 100 cm³/mol. The molecule has 5 heteroatoms. The first-order valence-corrected chi connectivity index (χ1v) is 10.3. The van der Waals surface area contributed by atoms with Gasteiger partial charge in [-0.15, -0.1) is 0 Å². The van der Waals surface area contributed by atoms with Crippen LogP contribution in [0.4, 0.5) is 0 Å². The highest BCUT2D eigenvalue weighted by Gasteiger charge is 2.10. The van der Waals surface area contributed by atoms with Crippen molar-refractivity contribution in [2.75, 3.05) is 0 Å². The van der Waals surface area contributed by atoms with Crippen molar-refractivity contribution in [3.05, 3.63) is 91.0 Å². The van der Waals surface area contributed by atoms with Crippen LogP contribution in [0, 0.1) is 0 Å². The summed E-state index contributed by atoms with van der Waals surface area (Å²) in [5.74, 6) is 0. The van der Waals surface area contributed by atoms with Crippen LogP contribution < -0.4 is 20.7 Å². The van der Waals surface area contributed by atoms with Crippen LogP contribution in [0.5, 0.6) is 0 Å². The maximum atomic E-state index is 3.62. The van der Waals surface area contributed by atoms with Gasteiger partial charge in [0.25, 0.3) is 0 Å². The molecule has 0 amide bonds. The van der Waals surface area contributed by atoms with Gasteiger partial charge < -0.3 is 0 Å². The van der Waals surface area contributed by atoms with Crippen molar-refractivity contribution < 1.29 is 0 Å². The quantitative estimate of drug-likeness (QED) is 0.499. The van der Waals surface area contributed by atoms with Crippen molar-refractivity contribution in [1.82, 2.24) is 9.43 Å². The van der Waals surface area contributed by atoms with Crippen molar-refractivity contribution in [2.45, 2.75) is 0 Å². The van der Waals surface area contributed by atoms with Crippen molar-refractivity contribution in [2.24, 2.45) is 0 Å². The molecule has 0 aromatic heterocycles. The molecule has 0 fully saturated rings. The summed E-state index contributed by atoms with van der Waals surface area (Å²) < 4.78 is 2.34. The first-order chi connectivity index (χ1) is 11.4. The van der Waals surface area contributed by atoms with Crippen molar-refractivity contribution >= 4 is 44.6 Å². The summed E-state index contributed by atoms with van der Waals surface area (Å²) in [6.07, 6.45) is 0. The number of hydrogen-bond donors (Lipinski definition) is 1. The van der Waals surface area contributed by atoms with E-state index in [1.165, 1.54) is 15.6 Å². The highest BCUT2D eigenvalue weighted by Crippen LogP contribution is 1.87. The summed E-state index contributed by atoms with van der Waals surface area (Å²) in [6.45, 7) is 0. The summed E-state index contributed by atoms with van der Waals surface area (Å²) in [4.78, 5) is 0. The molecule has 3 rings (SSSR count). The van der Waals surface area contributed by atoms with Gasteiger partial charge >= 0.3 is 0 Å². The lowest BCUT2D eigenvalue weighted by Gasteiger charge is -2.21. The van der Waals surface area contributed by atoms with E-state index >= 15 is 0 Å². The molecule has 0 atom stereocenters. The van der Waals surface area contributed by atoms with Gasteiger partial charge in [0.2, 0.25) is 0 Å². The average molecular weight is 345 g/mol. The Hall–Kier alpha value is -1.77. The minimum Gasteiger partial charge on any atom is -0.285 e. The second kappa shape index (κ2) is 8.76. The van der Waals surface area contributed by atoms with Gasteiger partial charge in [0.1, 0.15) is 0 Å². The minimum atomic E-state index is 0.578. The van der Waals surface area contributed by atoms with Gasteiger partial charge in [-0.3, -0.25) is 9.43 Å². The number of benzene rings is 3. The Kier molecular flexibility index (Phi) is 6.13. The summed E-state index contributed by atoms with van der Waals surface area (Å²) in [6, 6.07) is 31.9. The molecule has 2 nitrogen and oxygen atoms in total. The zero-order chi connectivity index (χ0) is 15.7. The van der Waals surface area contributed by atoms with Gasteiger partial charge in [0.05, 0.1) is 0 Å². The fourth-order valence-corrected chi connectivity index (χ4v) is 5.59. The predicted octanol–water partition coefficient (Wildman–Crippen LogP) is 0.627. The Morgan fingerprint density at radius 1 is 0.522 bits per heavy atom. The van der Waals surface area contributed by atoms with E-state index in [0.29, 0.717) is 29.0 Å². The third-order valence-corrected chi connectivity index (χ3v) is 7.04. The van der Waals surface area contributed by atoms with Crippen LogP contribution in [0.15, 0.2) is 91.0 Å². The second-order valence-electron chi connectivity index (χ2n) is 4.89. The average Bonchev–Trinajstić information content (AvgIpc) is 2.62. The molecule has 0 unspecified atom stereocenters. The number of hydrogen-bond acceptors (Lipinski definition) is 2. The van der Waals surface area contributed by atoms with E-state index in [4.69, 9.17) is 0 Å². The Morgan fingerprint density at radius 3 is 1.35 bits per heavy atom. The summed E-state index contributed by atoms with van der Waals surface area (Å²) >= 11 is 0. The maximum Gasteiger partial charge on any atom is 0.195 e. The minimum absolute atomic E-state index is 0.578. The standard InChI is InChI=1S/C18H16N2Si3/c1-4-10-16(11-5-1)21-19-20(22-17-12-6-2-7-13-17)23-18-14-8-3-9-15-18/h1-15,19H. The molecular weight excluding hydrogens is 328 g/mol. The molecule has 3 aromatic carbocycles. The Labute approximate surface area is 145 Å². The van der Waals surface area contributed by atoms with E-state index in [9.17, 15) is 0 Å². The normalized spacial score (nSPS) is 10.8. The lowest BCUT2D eigenvalue weighted by Crippen LogP contribution is -2.54. The molecule has 0 aliphatic heterocycles. The molecule has 0 spiro atoms. The van der Waals surface area contributed by atoms with E-state index in [1.807, 2.05) is 0 Å². The number of rotatable bonds is 7. The zero-order valence-corrected chi connectivity index (χ0v) is 15.6. The highest BCUT2D eigenvalue weighted by atomic mass is 28.3. The molecule has 110 valence electrons. The molecule has 23 heavy (non-hydrogen) atoms. The lowest BCUT2D eigenvalue weighted by atomic mass is 10.4. The molecule has 0 saturated carbocycles. The molecule has 0 aliphatic carbocycles. The molecule has 0 saturated heterocycles. The van der Waals surface area contributed by atoms with Gasteiger partial charge in [-0.2, -0.15) is 0 Å². The first-order valence-electron chi connectivity index (χ1n) is 7.40. The second-order valence-corrected chi connectivity index (χ2v) is 8.89. The maximum absolute atomic E-state index is 3.62. The molecule has 0 aliphatic rings.